The van der Waals surface area contributed by atoms with Crippen molar-refractivity contribution < 1.29 is 15.0 Å². The number of carboxylic acid groups (broad SMARTS) is 1. The van der Waals surface area contributed by atoms with E-state index in [2.05, 4.69) is 0 Å². The zero-order chi connectivity index (χ0) is 12.1. The lowest BCUT2D eigenvalue weighted by Crippen LogP contribution is -2.15. The molecule has 0 spiro atoms. The van der Waals surface area contributed by atoms with E-state index in [-0.39, 0.29) is 5.56 Å². The summed E-state index contributed by atoms with van der Waals surface area (Å²) in [4.78, 5) is 10.7. The van der Waals surface area contributed by atoms with E-state index in [1.807, 2.05) is 0 Å². The number of halogens is 1. The van der Waals surface area contributed by atoms with E-state index in [9.17, 15) is 9.90 Å². The Kier molecular flexibility index (Phi) is 4.58. The molecular weight excluding hydrogens is 230 g/mol. The molecule has 1 atom stereocenters. The molecule has 0 radical (unpaired) electrons. The molecular formula is C11H14ClNO3. The minimum Gasteiger partial charge on any atom is -0.479 e. The molecule has 0 aliphatic rings. The summed E-state index contributed by atoms with van der Waals surface area (Å²) in [6.45, 7) is 0. The van der Waals surface area contributed by atoms with Crippen LogP contribution in [0.5, 0.6) is 0 Å². The number of aliphatic hydroxyl groups is 1. The first-order valence-electron chi connectivity index (χ1n) is 4.92. The van der Waals surface area contributed by atoms with Crippen molar-refractivity contribution in [3.05, 3.63) is 29.3 Å². The Hall–Kier alpha value is -1.26. The normalized spacial score (nSPS) is 12.4. The zero-order valence-electron chi connectivity index (χ0n) is 8.69. The summed E-state index contributed by atoms with van der Waals surface area (Å²) in [7, 11) is 0. The molecule has 1 unspecified atom stereocenters. The maximum Gasteiger partial charge on any atom is 0.337 e. The second-order valence-electron chi connectivity index (χ2n) is 3.45. The van der Waals surface area contributed by atoms with Crippen LogP contribution in [0.1, 0.15) is 23.7 Å². The Morgan fingerprint density at radius 3 is 2.75 bits per heavy atom. The molecule has 5 heteroatoms. The molecule has 0 saturated carbocycles. The summed E-state index contributed by atoms with van der Waals surface area (Å²) >= 11 is 5.58. The van der Waals surface area contributed by atoms with Crippen molar-refractivity contribution in [2.45, 2.75) is 18.9 Å². The number of aliphatic carboxylic acids is 1. The van der Waals surface area contributed by atoms with Crippen molar-refractivity contribution in [2.75, 3.05) is 11.6 Å². The van der Waals surface area contributed by atoms with E-state index in [0.29, 0.717) is 24.4 Å². The van der Waals surface area contributed by atoms with E-state index in [4.69, 9.17) is 22.4 Å². The van der Waals surface area contributed by atoms with Crippen molar-refractivity contribution in [3.63, 3.8) is 0 Å². The van der Waals surface area contributed by atoms with Crippen LogP contribution in [0.3, 0.4) is 0 Å². The number of benzene rings is 1. The lowest BCUT2D eigenvalue weighted by molar-refractivity contribution is -0.146. The van der Waals surface area contributed by atoms with E-state index in [1.54, 1.807) is 18.2 Å². The quantitative estimate of drug-likeness (QED) is 0.541. The highest BCUT2D eigenvalue weighted by atomic mass is 35.5. The topological polar surface area (TPSA) is 83.5 Å². The predicted octanol–water partition coefficient (Wildman–Crippen LogP) is 1.56. The van der Waals surface area contributed by atoms with Gasteiger partial charge in [0.05, 0.1) is 0 Å². The predicted molar refractivity (Wildman–Crippen MR) is 62.5 cm³/mol. The van der Waals surface area contributed by atoms with Crippen LogP contribution in [0.25, 0.3) is 0 Å². The second kappa shape index (κ2) is 5.72. The summed E-state index contributed by atoms with van der Waals surface area (Å²) in [6, 6.07) is 5.06. The number of rotatable bonds is 5. The Morgan fingerprint density at radius 2 is 2.19 bits per heavy atom. The highest BCUT2D eigenvalue weighted by Gasteiger charge is 2.21. The van der Waals surface area contributed by atoms with E-state index in [0.717, 1.165) is 5.56 Å². The lowest BCUT2D eigenvalue weighted by atomic mass is 9.97. The minimum atomic E-state index is -1.58. The van der Waals surface area contributed by atoms with Crippen LogP contribution in [-0.2, 0) is 11.2 Å². The first-order valence-corrected chi connectivity index (χ1v) is 5.45. The largest absolute Gasteiger partial charge is 0.479 e. The summed E-state index contributed by atoms with van der Waals surface area (Å²) in [5.74, 6) is -0.817. The van der Waals surface area contributed by atoms with Crippen LogP contribution < -0.4 is 5.73 Å². The molecule has 0 aliphatic carbocycles. The van der Waals surface area contributed by atoms with Gasteiger partial charge in [0.1, 0.15) is 0 Å². The van der Waals surface area contributed by atoms with Crippen molar-refractivity contribution in [1.82, 2.24) is 0 Å². The number of anilines is 1. The van der Waals surface area contributed by atoms with Crippen LogP contribution in [-0.4, -0.2) is 22.1 Å². The van der Waals surface area contributed by atoms with Gasteiger partial charge < -0.3 is 15.9 Å². The Bertz CT molecular complexity index is 381. The molecule has 0 aromatic heterocycles. The van der Waals surface area contributed by atoms with Gasteiger partial charge in [-0.3, -0.25) is 0 Å². The highest BCUT2D eigenvalue weighted by Crippen LogP contribution is 2.26. The van der Waals surface area contributed by atoms with Gasteiger partial charge in [-0.2, -0.15) is 0 Å². The molecule has 0 bridgehead atoms. The summed E-state index contributed by atoms with van der Waals surface area (Å²) in [5, 5.41) is 18.3. The SMILES string of the molecule is Nc1cccc(CCCCl)c1C(O)C(=O)O. The first-order chi connectivity index (χ1) is 7.57. The van der Waals surface area contributed by atoms with Gasteiger partial charge in [-0.05, 0) is 24.5 Å². The number of carbonyl (C=O) groups is 1. The summed E-state index contributed by atoms with van der Waals surface area (Å²) in [5.41, 5.74) is 6.98. The first kappa shape index (κ1) is 12.8. The van der Waals surface area contributed by atoms with Gasteiger partial charge in [-0.15, -0.1) is 11.6 Å². The maximum atomic E-state index is 10.7. The molecule has 1 aromatic rings. The average Bonchev–Trinajstić information content (AvgIpc) is 2.25. The number of hydrogen-bond acceptors (Lipinski definition) is 3. The van der Waals surface area contributed by atoms with Crippen molar-refractivity contribution in [1.29, 1.82) is 0 Å². The van der Waals surface area contributed by atoms with Gasteiger partial charge in [-0.1, -0.05) is 12.1 Å². The molecule has 0 saturated heterocycles. The number of aliphatic hydroxyl groups excluding tert-OH is 1. The van der Waals surface area contributed by atoms with Gasteiger partial charge in [0.25, 0.3) is 0 Å². The molecule has 0 heterocycles. The van der Waals surface area contributed by atoms with Crippen LogP contribution in [0.4, 0.5) is 5.69 Å². The number of hydrogen-bond donors (Lipinski definition) is 3. The van der Waals surface area contributed by atoms with Gasteiger partial charge >= 0.3 is 5.97 Å². The number of aryl methyl sites for hydroxylation is 1. The van der Waals surface area contributed by atoms with Gasteiger partial charge in [0.15, 0.2) is 6.10 Å². The lowest BCUT2D eigenvalue weighted by Gasteiger charge is -2.14. The number of nitrogen functional groups attached to an aromatic ring is 1. The molecule has 1 rings (SSSR count). The molecule has 4 nitrogen and oxygen atoms in total. The van der Waals surface area contributed by atoms with Gasteiger partial charge in [0, 0.05) is 17.1 Å². The molecule has 1 aromatic carbocycles. The van der Waals surface area contributed by atoms with Gasteiger partial charge in [0.2, 0.25) is 0 Å². The third-order valence-electron chi connectivity index (χ3n) is 2.32. The third kappa shape index (κ3) is 2.87. The minimum absolute atomic E-state index is 0.278. The zero-order valence-corrected chi connectivity index (χ0v) is 9.44. The molecule has 0 fully saturated rings. The van der Waals surface area contributed by atoms with E-state index >= 15 is 0 Å². The summed E-state index contributed by atoms with van der Waals surface area (Å²) in [6.07, 6.45) is -0.259. The van der Waals surface area contributed by atoms with Crippen molar-refractivity contribution >= 4 is 23.3 Å². The Balaban J connectivity index is 3.07. The molecule has 16 heavy (non-hydrogen) atoms. The van der Waals surface area contributed by atoms with Crippen LogP contribution in [0.15, 0.2) is 18.2 Å². The number of nitrogens with two attached hydrogens (primary N) is 1. The Labute approximate surface area is 98.6 Å². The monoisotopic (exact) mass is 243 g/mol. The number of carboxylic acids is 1. The van der Waals surface area contributed by atoms with Crippen molar-refractivity contribution in [2.24, 2.45) is 0 Å². The fraction of sp³-hybridized carbons (Fsp3) is 0.364. The summed E-state index contributed by atoms with van der Waals surface area (Å²) < 4.78 is 0. The second-order valence-corrected chi connectivity index (χ2v) is 3.83. The third-order valence-corrected chi connectivity index (χ3v) is 2.58. The smallest absolute Gasteiger partial charge is 0.337 e. The average molecular weight is 244 g/mol. The highest BCUT2D eigenvalue weighted by molar-refractivity contribution is 6.17. The van der Waals surface area contributed by atoms with E-state index < -0.39 is 12.1 Å². The molecule has 0 aliphatic heterocycles. The fourth-order valence-electron chi connectivity index (χ4n) is 1.57. The standard InChI is InChI=1S/C11H14ClNO3/c12-6-2-4-7-3-1-5-8(13)9(7)10(14)11(15)16/h1,3,5,10,14H,2,4,6,13H2,(H,15,16). The maximum absolute atomic E-state index is 10.7. The van der Waals surface area contributed by atoms with E-state index in [1.165, 1.54) is 0 Å². The van der Waals surface area contributed by atoms with Crippen LogP contribution in [0, 0.1) is 0 Å². The van der Waals surface area contributed by atoms with Crippen molar-refractivity contribution in [3.8, 4) is 0 Å². The number of alkyl halides is 1. The van der Waals surface area contributed by atoms with Gasteiger partial charge in [-0.25, -0.2) is 4.79 Å². The molecule has 88 valence electrons. The fourth-order valence-corrected chi connectivity index (χ4v) is 1.70. The van der Waals surface area contributed by atoms with Crippen LogP contribution >= 0.6 is 11.6 Å². The molecule has 4 N–H and O–H groups in total. The van der Waals surface area contributed by atoms with Crippen LogP contribution in [0.2, 0.25) is 0 Å². The molecule has 0 amide bonds. The Morgan fingerprint density at radius 1 is 1.50 bits per heavy atom.